The molecule has 5 rings (SSSR count). The second kappa shape index (κ2) is 10.2. The van der Waals surface area contributed by atoms with Crippen LogP contribution in [0, 0.1) is 0 Å². The number of halogens is 3. The van der Waals surface area contributed by atoms with Gasteiger partial charge in [-0.2, -0.15) is 4.98 Å². The largest absolute Gasteiger partial charge is 0.333 e. The van der Waals surface area contributed by atoms with Crippen molar-refractivity contribution in [2.75, 3.05) is 5.75 Å². The van der Waals surface area contributed by atoms with E-state index >= 15 is 0 Å². The Kier molecular flexibility index (Phi) is 7.24. The second-order valence-corrected chi connectivity index (χ2v) is 13.8. The second-order valence-electron chi connectivity index (χ2n) is 8.98. The van der Waals surface area contributed by atoms with Gasteiger partial charge in [0, 0.05) is 28.5 Å². The number of thiophene rings is 1. The quantitative estimate of drug-likeness (QED) is 0.207. The first-order valence-electron chi connectivity index (χ1n) is 11.5. The normalized spacial score (nSPS) is 14.6. The molecule has 0 aliphatic heterocycles. The Morgan fingerprint density at radius 1 is 1.00 bits per heavy atom. The lowest BCUT2D eigenvalue weighted by atomic mass is 9.92. The molecule has 2 heterocycles. The van der Waals surface area contributed by atoms with Gasteiger partial charge in [-0.3, -0.25) is 4.79 Å². The molecule has 4 aromatic rings. The van der Waals surface area contributed by atoms with E-state index in [9.17, 15) is 13.2 Å². The molecule has 0 bridgehead atoms. The first-order valence-corrected chi connectivity index (χ1v) is 15.1. The van der Waals surface area contributed by atoms with Crippen molar-refractivity contribution in [1.29, 1.82) is 0 Å². The van der Waals surface area contributed by atoms with Gasteiger partial charge in [0.1, 0.15) is 5.78 Å². The molecule has 1 aliphatic rings. The minimum atomic E-state index is -3.28. The molecule has 11 heteroatoms. The minimum absolute atomic E-state index is 0.0292. The van der Waals surface area contributed by atoms with Gasteiger partial charge in [-0.05, 0) is 60.4 Å². The monoisotopic (exact) mass is 594 g/mol. The van der Waals surface area contributed by atoms with Gasteiger partial charge in [0.05, 0.1) is 25.3 Å². The minimum Gasteiger partial charge on any atom is -0.333 e. The smallest absolute Gasteiger partial charge is 0.268 e. The average Bonchev–Trinajstić information content (AvgIpc) is 3.26. The van der Waals surface area contributed by atoms with Gasteiger partial charge in [-0.15, -0.1) is 11.3 Å². The topological polar surface area (TPSA) is 90.1 Å². The van der Waals surface area contributed by atoms with Crippen LogP contribution in [0.1, 0.15) is 42.3 Å². The number of hydrogen-bond donors (Lipinski definition) is 0. The van der Waals surface area contributed by atoms with E-state index in [1.807, 2.05) is 6.07 Å². The molecule has 0 radical (unpaired) electrons. The predicted octanol–water partition coefficient (Wildman–Crippen LogP) is 6.99. The molecular formula is C26H21Cl3N2O4S2. The maximum atomic E-state index is 12.8. The molecule has 2 aromatic carbocycles. The number of hydrogen-bond acceptors (Lipinski definition) is 7. The van der Waals surface area contributed by atoms with Gasteiger partial charge in [0.25, 0.3) is 5.89 Å². The molecule has 0 unspecified atom stereocenters. The zero-order valence-corrected chi connectivity index (χ0v) is 23.5. The van der Waals surface area contributed by atoms with Crippen molar-refractivity contribution < 1.29 is 17.7 Å². The number of rotatable bonds is 9. The van der Waals surface area contributed by atoms with Crippen LogP contribution in [0.3, 0.4) is 0 Å². The zero-order valence-electron chi connectivity index (χ0n) is 19.6. The Bertz CT molecular complexity index is 1570. The Morgan fingerprint density at radius 2 is 1.65 bits per heavy atom. The molecule has 1 fully saturated rings. The highest BCUT2D eigenvalue weighted by Crippen LogP contribution is 2.56. The van der Waals surface area contributed by atoms with Gasteiger partial charge in [0.15, 0.2) is 15.7 Å². The molecule has 0 atom stereocenters. The van der Waals surface area contributed by atoms with Crippen molar-refractivity contribution in [3.8, 4) is 10.8 Å². The van der Waals surface area contributed by atoms with E-state index in [0.717, 1.165) is 28.8 Å². The summed E-state index contributed by atoms with van der Waals surface area (Å²) in [6, 6.07) is 13.5. The number of benzene rings is 2. The number of ketones is 1. The van der Waals surface area contributed by atoms with E-state index in [0.29, 0.717) is 31.7 Å². The summed E-state index contributed by atoms with van der Waals surface area (Å²) in [5.41, 5.74) is 1.65. The molecule has 1 saturated carbocycles. The molecule has 0 saturated heterocycles. The van der Waals surface area contributed by atoms with Crippen LogP contribution in [0.15, 0.2) is 57.9 Å². The highest BCUT2D eigenvalue weighted by molar-refractivity contribution is 7.91. The van der Waals surface area contributed by atoms with Crippen LogP contribution in [0.5, 0.6) is 0 Å². The van der Waals surface area contributed by atoms with Gasteiger partial charge in [-0.25, -0.2) is 8.42 Å². The molecule has 1 aliphatic carbocycles. The standard InChI is InChI=1S/C26H21Cl3N2O4S2/c1-2-37(33,34)18-5-3-15(4-6-18)11-17(32)12-16-13-19(27)23(20(28)14-16)26(9-10-26)25-30-24(35-31-25)21-7-8-22(29)36-21/h3-8,13-14H,2,9-12H2,1H3. The van der Waals surface area contributed by atoms with E-state index in [2.05, 4.69) is 10.1 Å². The fourth-order valence-electron chi connectivity index (χ4n) is 4.34. The number of carbonyl (C=O) groups excluding carboxylic acids is 1. The lowest BCUT2D eigenvalue weighted by Crippen LogP contribution is -2.13. The van der Waals surface area contributed by atoms with Crippen molar-refractivity contribution in [2.45, 2.75) is 42.9 Å². The van der Waals surface area contributed by atoms with Crippen molar-refractivity contribution >= 4 is 61.8 Å². The van der Waals surface area contributed by atoms with E-state index in [-0.39, 0.29) is 29.3 Å². The van der Waals surface area contributed by atoms with Crippen molar-refractivity contribution in [3.63, 3.8) is 0 Å². The Labute approximate surface area is 233 Å². The van der Waals surface area contributed by atoms with Crippen molar-refractivity contribution in [2.24, 2.45) is 0 Å². The molecule has 6 nitrogen and oxygen atoms in total. The highest BCUT2D eigenvalue weighted by Gasteiger charge is 2.52. The van der Waals surface area contributed by atoms with E-state index < -0.39 is 15.3 Å². The summed E-state index contributed by atoms with van der Waals surface area (Å²) in [6.45, 7) is 1.60. The van der Waals surface area contributed by atoms with Crippen LogP contribution < -0.4 is 0 Å². The van der Waals surface area contributed by atoms with Gasteiger partial charge in [-0.1, -0.05) is 59.0 Å². The Hall–Kier alpha value is -2.23. The Morgan fingerprint density at radius 3 is 2.22 bits per heavy atom. The molecule has 0 spiro atoms. The van der Waals surface area contributed by atoms with Crippen LogP contribution in [-0.2, 0) is 32.9 Å². The van der Waals surface area contributed by atoms with Gasteiger partial charge >= 0.3 is 0 Å². The summed E-state index contributed by atoms with van der Waals surface area (Å²) in [6.07, 6.45) is 1.87. The SMILES string of the molecule is CCS(=O)(=O)c1ccc(CC(=O)Cc2cc(Cl)c(C3(c4noc(-c5ccc(Cl)s5)n4)CC3)c(Cl)c2)cc1. The molecular weight excluding hydrogens is 575 g/mol. The first kappa shape index (κ1) is 26.4. The van der Waals surface area contributed by atoms with E-state index in [1.165, 1.54) is 23.5 Å². The zero-order chi connectivity index (χ0) is 26.4. The first-order chi connectivity index (χ1) is 17.6. The third-order valence-electron chi connectivity index (χ3n) is 6.43. The maximum Gasteiger partial charge on any atom is 0.268 e. The van der Waals surface area contributed by atoms with Gasteiger partial charge in [0.2, 0.25) is 0 Å². The van der Waals surface area contributed by atoms with Crippen LogP contribution in [0.4, 0.5) is 0 Å². The summed E-state index contributed by atoms with van der Waals surface area (Å²) in [4.78, 5) is 18.4. The number of nitrogens with zero attached hydrogens (tertiary/aromatic N) is 2. The summed E-state index contributed by atoms with van der Waals surface area (Å²) in [7, 11) is -3.28. The van der Waals surface area contributed by atoms with Gasteiger partial charge < -0.3 is 4.52 Å². The average molecular weight is 596 g/mol. The fraction of sp³-hybridized carbons (Fsp3) is 0.269. The third-order valence-corrected chi connectivity index (χ3v) is 10.00. The number of carbonyl (C=O) groups is 1. The van der Waals surface area contributed by atoms with Crippen LogP contribution in [0.25, 0.3) is 10.8 Å². The maximum absolute atomic E-state index is 12.8. The van der Waals surface area contributed by atoms with Crippen LogP contribution in [-0.4, -0.2) is 30.1 Å². The van der Waals surface area contributed by atoms with Crippen molar-refractivity contribution in [1.82, 2.24) is 10.1 Å². The molecule has 0 amide bonds. The summed E-state index contributed by atoms with van der Waals surface area (Å²) in [5, 5.41) is 5.11. The highest BCUT2D eigenvalue weighted by atomic mass is 35.5. The summed E-state index contributed by atoms with van der Waals surface area (Å²) in [5.74, 6) is 0.909. The number of Topliss-reactive ketones (excluding diaryl/α,β-unsaturated/α-hetero) is 1. The molecule has 0 N–H and O–H groups in total. The van der Waals surface area contributed by atoms with Crippen molar-refractivity contribution in [3.05, 3.63) is 85.4 Å². The summed E-state index contributed by atoms with van der Waals surface area (Å²) >= 11 is 20.8. The fourth-order valence-corrected chi connectivity index (χ4v) is 7.08. The Balaban J connectivity index is 1.32. The van der Waals surface area contributed by atoms with E-state index in [4.69, 9.17) is 39.3 Å². The summed E-state index contributed by atoms with van der Waals surface area (Å²) < 4.78 is 30.1. The van der Waals surface area contributed by atoms with Crippen LogP contribution in [0.2, 0.25) is 14.4 Å². The van der Waals surface area contributed by atoms with E-state index in [1.54, 1.807) is 37.3 Å². The number of aromatic nitrogens is 2. The van der Waals surface area contributed by atoms with Crippen LogP contribution >= 0.6 is 46.1 Å². The molecule has 37 heavy (non-hydrogen) atoms. The molecule has 2 aromatic heterocycles. The predicted molar refractivity (Wildman–Crippen MR) is 146 cm³/mol. The number of sulfone groups is 1. The third kappa shape index (κ3) is 5.36. The molecule has 192 valence electrons. The lowest BCUT2D eigenvalue weighted by Gasteiger charge is -2.16. The lowest BCUT2D eigenvalue weighted by molar-refractivity contribution is -0.117.